The van der Waals surface area contributed by atoms with Crippen molar-refractivity contribution in [3.8, 4) is 6.07 Å². The lowest BCUT2D eigenvalue weighted by molar-refractivity contribution is 0.421. The molecule has 1 aliphatic rings. The Morgan fingerprint density at radius 3 is 2.68 bits per heavy atom. The third-order valence-electron chi connectivity index (χ3n) is 5.43. The van der Waals surface area contributed by atoms with Crippen molar-refractivity contribution in [3.63, 3.8) is 0 Å². The Balaban J connectivity index is 1.49. The Morgan fingerprint density at radius 2 is 1.93 bits per heavy atom. The van der Waals surface area contributed by atoms with Gasteiger partial charge in [-0.15, -0.1) is 0 Å². The van der Waals surface area contributed by atoms with Crippen LogP contribution in [0.25, 0.3) is 0 Å². The first kappa shape index (κ1) is 18.6. The molecule has 0 saturated carbocycles. The maximum Gasteiger partial charge on any atom is 0.180 e. The number of aromatic nitrogens is 2. The van der Waals surface area contributed by atoms with Gasteiger partial charge in [0, 0.05) is 31.0 Å². The molecule has 142 valence electrons. The predicted molar refractivity (Wildman–Crippen MR) is 106 cm³/mol. The van der Waals surface area contributed by atoms with Crippen LogP contribution in [0.1, 0.15) is 34.7 Å². The molecule has 0 bridgehead atoms. The molecule has 0 fully saturated rings. The molecule has 2 aromatic carbocycles. The van der Waals surface area contributed by atoms with E-state index in [0.29, 0.717) is 24.0 Å². The van der Waals surface area contributed by atoms with Gasteiger partial charge in [0.15, 0.2) is 4.77 Å². The normalized spacial score (nSPS) is 15.8. The van der Waals surface area contributed by atoms with Crippen LogP contribution in [-0.4, -0.2) is 9.13 Å². The zero-order chi connectivity index (χ0) is 19.7. The molecule has 0 amide bonds. The van der Waals surface area contributed by atoms with Gasteiger partial charge in [0.05, 0.1) is 11.6 Å². The molecule has 1 unspecified atom stereocenters. The number of aryl methyl sites for hydroxylation is 2. The summed E-state index contributed by atoms with van der Waals surface area (Å²) in [5, 5.41) is 8.88. The topological polar surface area (TPSA) is 33.6 Å². The van der Waals surface area contributed by atoms with Crippen LogP contribution >= 0.6 is 12.2 Å². The largest absolute Gasteiger partial charge is 0.323 e. The van der Waals surface area contributed by atoms with Gasteiger partial charge in [-0.1, -0.05) is 12.1 Å². The van der Waals surface area contributed by atoms with Gasteiger partial charge >= 0.3 is 0 Å². The van der Waals surface area contributed by atoms with Crippen molar-refractivity contribution < 1.29 is 8.78 Å². The van der Waals surface area contributed by atoms with Gasteiger partial charge in [-0.05, 0) is 72.8 Å². The number of benzene rings is 2. The van der Waals surface area contributed by atoms with E-state index in [1.54, 1.807) is 0 Å². The van der Waals surface area contributed by atoms with E-state index in [1.165, 1.54) is 6.07 Å². The van der Waals surface area contributed by atoms with Crippen molar-refractivity contribution in [1.29, 1.82) is 5.26 Å². The summed E-state index contributed by atoms with van der Waals surface area (Å²) in [5.74, 6) is -0.975. The minimum Gasteiger partial charge on any atom is -0.323 e. The van der Waals surface area contributed by atoms with Crippen LogP contribution in [0.3, 0.4) is 0 Å². The molecule has 6 heteroatoms. The SMILES string of the molecule is N#Cc1ccc(CCn2ccn(C3CCc4c(F)cc(F)cc4C3)c2=S)cc1. The number of hydrogen-bond acceptors (Lipinski definition) is 2. The maximum atomic E-state index is 14.0. The molecule has 0 radical (unpaired) electrons. The molecule has 28 heavy (non-hydrogen) atoms. The summed E-state index contributed by atoms with van der Waals surface area (Å²) in [6.45, 7) is 0.740. The highest BCUT2D eigenvalue weighted by Crippen LogP contribution is 2.31. The molecule has 0 saturated heterocycles. The van der Waals surface area contributed by atoms with Crippen molar-refractivity contribution in [2.24, 2.45) is 0 Å². The second-order valence-corrected chi connectivity index (χ2v) is 7.53. The first-order chi connectivity index (χ1) is 13.5. The minimum atomic E-state index is -0.527. The summed E-state index contributed by atoms with van der Waals surface area (Å²) in [6, 6.07) is 12.2. The Hall–Kier alpha value is -2.78. The van der Waals surface area contributed by atoms with Crippen molar-refractivity contribution in [3.05, 3.63) is 87.5 Å². The summed E-state index contributed by atoms with van der Waals surface area (Å²) in [5.41, 5.74) is 3.16. The molecular formula is C22H19F2N3S. The minimum absolute atomic E-state index is 0.109. The quantitative estimate of drug-likeness (QED) is 0.573. The summed E-state index contributed by atoms with van der Waals surface area (Å²) in [7, 11) is 0. The lowest BCUT2D eigenvalue weighted by atomic mass is 9.87. The van der Waals surface area contributed by atoms with Crippen LogP contribution in [-0.2, 0) is 25.8 Å². The van der Waals surface area contributed by atoms with Crippen molar-refractivity contribution >= 4 is 12.2 Å². The van der Waals surface area contributed by atoms with E-state index in [1.807, 2.05) is 45.8 Å². The Labute approximate surface area is 167 Å². The first-order valence-corrected chi connectivity index (χ1v) is 9.69. The highest BCUT2D eigenvalue weighted by atomic mass is 32.1. The maximum absolute atomic E-state index is 14.0. The predicted octanol–water partition coefficient (Wildman–Crippen LogP) is 5.14. The zero-order valence-electron chi connectivity index (χ0n) is 15.2. The second-order valence-electron chi connectivity index (χ2n) is 7.16. The van der Waals surface area contributed by atoms with Gasteiger partial charge in [-0.2, -0.15) is 5.26 Å². The molecular weight excluding hydrogens is 376 g/mol. The van der Waals surface area contributed by atoms with E-state index in [0.717, 1.165) is 41.4 Å². The van der Waals surface area contributed by atoms with Crippen LogP contribution in [0, 0.1) is 27.7 Å². The van der Waals surface area contributed by atoms with E-state index in [4.69, 9.17) is 17.5 Å². The second kappa shape index (κ2) is 7.69. The Morgan fingerprint density at radius 1 is 1.14 bits per heavy atom. The van der Waals surface area contributed by atoms with Crippen LogP contribution in [0.15, 0.2) is 48.8 Å². The van der Waals surface area contributed by atoms with Crippen molar-refractivity contribution in [2.75, 3.05) is 0 Å². The molecule has 1 aromatic heterocycles. The smallest absolute Gasteiger partial charge is 0.180 e. The average molecular weight is 395 g/mol. The number of hydrogen-bond donors (Lipinski definition) is 0. The third-order valence-corrected chi connectivity index (χ3v) is 5.87. The summed E-state index contributed by atoms with van der Waals surface area (Å²) in [6.07, 6.45) is 6.69. The molecule has 1 aliphatic carbocycles. The third kappa shape index (κ3) is 3.63. The molecule has 3 nitrogen and oxygen atoms in total. The van der Waals surface area contributed by atoms with Gasteiger partial charge < -0.3 is 9.13 Å². The van der Waals surface area contributed by atoms with Gasteiger partial charge in [0.25, 0.3) is 0 Å². The van der Waals surface area contributed by atoms with E-state index >= 15 is 0 Å². The van der Waals surface area contributed by atoms with Crippen LogP contribution in [0.4, 0.5) is 8.78 Å². The van der Waals surface area contributed by atoms with Gasteiger partial charge in [0.1, 0.15) is 11.6 Å². The van der Waals surface area contributed by atoms with E-state index in [-0.39, 0.29) is 6.04 Å². The van der Waals surface area contributed by atoms with Crippen LogP contribution in [0.5, 0.6) is 0 Å². The Kier molecular flexibility index (Phi) is 5.10. The highest BCUT2D eigenvalue weighted by molar-refractivity contribution is 7.71. The first-order valence-electron chi connectivity index (χ1n) is 9.28. The number of imidazole rings is 1. The molecule has 0 aliphatic heterocycles. The molecule has 1 heterocycles. The van der Waals surface area contributed by atoms with Gasteiger partial charge in [0.2, 0.25) is 0 Å². The summed E-state index contributed by atoms with van der Waals surface area (Å²) >= 11 is 5.65. The lowest BCUT2D eigenvalue weighted by Gasteiger charge is -2.26. The molecule has 1 atom stereocenters. The van der Waals surface area contributed by atoms with Gasteiger partial charge in [-0.25, -0.2) is 8.78 Å². The molecule has 4 rings (SSSR count). The van der Waals surface area contributed by atoms with E-state index in [2.05, 4.69) is 6.07 Å². The molecule has 0 N–H and O–H groups in total. The van der Waals surface area contributed by atoms with Gasteiger partial charge in [-0.3, -0.25) is 0 Å². The number of rotatable bonds is 4. The van der Waals surface area contributed by atoms with Crippen molar-refractivity contribution in [1.82, 2.24) is 9.13 Å². The van der Waals surface area contributed by atoms with E-state index < -0.39 is 11.6 Å². The number of nitrogens with zero attached hydrogens (tertiary/aromatic N) is 3. The number of nitriles is 1. The van der Waals surface area contributed by atoms with Crippen LogP contribution in [0.2, 0.25) is 0 Å². The number of fused-ring (bicyclic) bond motifs is 1. The number of halogens is 2. The highest BCUT2D eigenvalue weighted by Gasteiger charge is 2.24. The van der Waals surface area contributed by atoms with E-state index in [9.17, 15) is 8.78 Å². The van der Waals surface area contributed by atoms with Crippen molar-refractivity contribution in [2.45, 2.75) is 38.3 Å². The Bertz CT molecular complexity index is 1110. The summed E-state index contributed by atoms with van der Waals surface area (Å²) < 4.78 is 32.3. The monoisotopic (exact) mass is 395 g/mol. The average Bonchev–Trinajstić information content (AvgIpc) is 3.06. The molecule has 0 spiro atoms. The lowest BCUT2D eigenvalue weighted by Crippen LogP contribution is -2.20. The fraction of sp³-hybridized carbons (Fsp3) is 0.273. The standard InChI is InChI=1S/C22H19F2N3S/c23-18-11-17-12-19(5-6-20(17)21(24)13-18)27-10-9-26(22(27)28)8-7-15-1-3-16(14-25)4-2-15/h1-4,9-11,13,19H,5-8,12H2. The zero-order valence-corrected chi connectivity index (χ0v) is 16.1. The fourth-order valence-corrected chi connectivity index (χ4v) is 4.26. The van der Waals surface area contributed by atoms with Crippen LogP contribution < -0.4 is 0 Å². The molecule has 3 aromatic rings. The summed E-state index contributed by atoms with van der Waals surface area (Å²) in [4.78, 5) is 0. The fourth-order valence-electron chi connectivity index (χ4n) is 3.89.